The van der Waals surface area contributed by atoms with Crippen molar-refractivity contribution in [3.63, 3.8) is 0 Å². The SMILES string of the molecule is Cc1cc(C)cc(NC(=O)CN2CCC(C(=O)NCc3ccccn3)CC2)c1. The zero-order chi connectivity index (χ0) is 19.9. The smallest absolute Gasteiger partial charge is 0.238 e. The highest BCUT2D eigenvalue weighted by Crippen LogP contribution is 2.18. The van der Waals surface area contributed by atoms with Crippen LogP contribution < -0.4 is 10.6 Å². The molecule has 0 atom stereocenters. The normalized spacial score (nSPS) is 15.2. The van der Waals surface area contributed by atoms with Crippen LogP contribution in [0.1, 0.15) is 29.7 Å². The van der Waals surface area contributed by atoms with E-state index in [2.05, 4.69) is 26.6 Å². The number of hydrogen-bond acceptors (Lipinski definition) is 4. The molecule has 3 rings (SSSR count). The van der Waals surface area contributed by atoms with Crippen LogP contribution in [-0.2, 0) is 16.1 Å². The number of hydrogen-bond donors (Lipinski definition) is 2. The van der Waals surface area contributed by atoms with Crippen molar-refractivity contribution >= 4 is 17.5 Å². The van der Waals surface area contributed by atoms with Gasteiger partial charge in [-0.15, -0.1) is 0 Å². The molecule has 148 valence electrons. The van der Waals surface area contributed by atoms with Crippen LogP contribution in [0.5, 0.6) is 0 Å². The summed E-state index contributed by atoms with van der Waals surface area (Å²) in [6.07, 6.45) is 3.26. The van der Waals surface area contributed by atoms with Gasteiger partial charge in [0.05, 0.1) is 18.8 Å². The van der Waals surface area contributed by atoms with E-state index in [1.807, 2.05) is 44.2 Å². The monoisotopic (exact) mass is 380 g/mol. The van der Waals surface area contributed by atoms with Crippen LogP contribution in [0.2, 0.25) is 0 Å². The highest BCUT2D eigenvalue weighted by molar-refractivity contribution is 5.92. The van der Waals surface area contributed by atoms with Gasteiger partial charge in [0.1, 0.15) is 0 Å². The Balaban J connectivity index is 1.41. The van der Waals surface area contributed by atoms with E-state index >= 15 is 0 Å². The predicted octanol–water partition coefficient (Wildman–Crippen LogP) is 2.67. The minimum atomic E-state index is -0.0111. The zero-order valence-corrected chi connectivity index (χ0v) is 16.6. The summed E-state index contributed by atoms with van der Waals surface area (Å²) in [4.78, 5) is 31.0. The van der Waals surface area contributed by atoms with Crippen molar-refractivity contribution in [3.05, 3.63) is 59.4 Å². The van der Waals surface area contributed by atoms with Gasteiger partial charge in [-0.2, -0.15) is 0 Å². The molecule has 1 saturated heterocycles. The maximum atomic E-state index is 12.4. The van der Waals surface area contributed by atoms with Crippen molar-refractivity contribution in [2.75, 3.05) is 25.0 Å². The van der Waals surface area contributed by atoms with E-state index in [0.29, 0.717) is 13.1 Å². The van der Waals surface area contributed by atoms with Crippen molar-refractivity contribution < 1.29 is 9.59 Å². The Morgan fingerprint density at radius 1 is 1.11 bits per heavy atom. The van der Waals surface area contributed by atoms with Crippen LogP contribution in [0.25, 0.3) is 0 Å². The fourth-order valence-electron chi connectivity index (χ4n) is 3.63. The van der Waals surface area contributed by atoms with Gasteiger partial charge in [-0.3, -0.25) is 19.5 Å². The van der Waals surface area contributed by atoms with Crippen LogP contribution in [0.3, 0.4) is 0 Å². The number of carbonyl (C=O) groups excluding carboxylic acids is 2. The number of pyridine rings is 1. The van der Waals surface area contributed by atoms with E-state index in [1.54, 1.807) is 6.20 Å². The average molecular weight is 380 g/mol. The lowest BCUT2D eigenvalue weighted by Crippen LogP contribution is -2.43. The largest absolute Gasteiger partial charge is 0.350 e. The first-order valence-corrected chi connectivity index (χ1v) is 9.78. The highest BCUT2D eigenvalue weighted by atomic mass is 16.2. The van der Waals surface area contributed by atoms with Crippen LogP contribution >= 0.6 is 0 Å². The predicted molar refractivity (Wildman–Crippen MR) is 110 cm³/mol. The Morgan fingerprint density at radius 2 is 1.82 bits per heavy atom. The molecule has 0 bridgehead atoms. The number of nitrogens with zero attached hydrogens (tertiary/aromatic N) is 2. The fourth-order valence-corrected chi connectivity index (χ4v) is 3.63. The molecular weight excluding hydrogens is 352 g/mol. The summed E-state index contributed by atoms with van der Waals surface area (Å²) in [5.74, 6) is 0.0653. The maximum absolute atomic E-state index is 12.4. The van der Waals surface area contributed by atoms with Gasteiger partial charge in [-0.05, 0) is 75.2 Å². The minimum Gasteiger partial charge on any atom is -0.350 e. The van der Waals surface area contributed by atoms with Gasteiger partial charge in [0.25, 0.3) is 0 Å². The lowest BCUT2D eigenvalue weighted by atomic mass is 9.96. The molecule has 1 fully saturated rings. The van der Waals surface area contributed by atoms with E-state index in [4.69, 9.17) is 0 Å². The first-order valence-electron chi connectivity index (χ1n) is 9.78. The average Bonchev–Trinajstić information content (AvgIpc) is 2.66. The number of aromatic nitrogens is 1. The second kappa shape index (κ2) is 9.46. The molecule has 0 unspecified atom stereocenters. The van der Waals surface area contributed by atoms with Gasteiger partial charge >= 0.3 is 0 Å². The molecule has 1 aromatic carbocycles. The Labute approximate surface area is 166 Å². The quantitative estimate of drug-likeness (QED) is 0.808. The summed E-state index contributed by atoms with van der Waals surface area (Å²) in [6, 6.07) is 11.7. The van der Waals surface area contributed by atoms with Gasteiger partial charge in [0, 0.05) is 17.8 Å². The standard InChI is InChI=1S/C22H28N4O2/c1-16-11-17(2)13-20(12-16)25-21(27)15-26-9-6-18(7-10-26)22(28)24-14-19-5-3-4-8-23-19/h3-5,8,11-13,18H,6-7,9-10,14-15H2,1-2H3,(H,24,28)(H,25,27). The molecular formula is C22H28N4O2. The number of rotatable bonds is 6. The van der Waals surface area contributed by atoms with Crippen molar-refractivity contribution in [2.24, 2.45) is 5.92 Å². The van der Waals surface area contributed by atoms with Crippen molar-refractivity contribution in [2.45, 2.75) is 33.2 Å². The molecule has 6 heteroatoms. The van der Waals surface area contributed by atoms with Gasteiger partial charge in [-0.25, -0.2) is 0 Å². The molecule has 28 heavy (non-hydrogen) atoms. The van der Waals surface area contributed by atoms with E-state index in [0.717, 1.165) is 48.4 Å². The summed E-state index contributed by atoms with van der Waals surface area (Å²) < 4.78 is 0. The Kier molecular flexibility index (Phi) is 6.76. The third-order valence-electron chi connectivity index (χ3n) is 5.00. The number of likely N-dealkylation sites (tertiary alicyclic amines) is 1. The topological polar surface area (TPSA) is 74.3 Å². The molecule has 2 aromatic rings. The number of anilines is 1. The molecule has 2 heterocycles. The summed E-state index contributed by atoms with van der Waals surface area (Å²) >= 11 is 0. The molecule has 0 aliphatic carbocycles. The lowest BCUT2D eigenvalue weighted by Gasteiger charge is -2.30. The van der Waals surface area contributed by atoms with Crippen LogP contribution in [-0.4, -0.2) is 41.3 Å². The van der Waals surface area contributed by atoms with Crippen molar-refractivity contribution in [1.29, 1.82) is 0 Å². The Bertz CT molecular complexity index is 794. The second-order valence-electron chi connectivity index (χ2n) is 7.51. The molecule has 6 nitrogen and oxygen atoms in total. The molecule has 2 N–H and O–H groups in total. The Hall–Kier alpha value is -2.73. The van der Waals surface area contributed by atoms with E-state index in [9.17, 15) is 9.59 Å². The van der Waals surface area contributed by atoms with E-state index in [-0.39, 0.29) is 17.7 Å². The second-order valence-corrected chi connectivity index (χ2v) is 7.51. The van der Waals surface area contributed by atoms with E-state index < -0.39 is 0 Å². The molecule has 1 aliphatic rings. The lowest BCUT2D eigenvalue weighted by molar-refractivity contribution is -0.126. The summed E-state index contributed by atoms with van der Waals surface area (Å²) in [7, 11) is 0. The Morgan fingerprint density at radius 3 is 2.46 bits per heavy atom. The number of carbonyl (C=O) groups is 2. The van der Waals surface area contributed by atoms with Crippen LogP contribution in [0, 0.1) is 19.8 Å². The van der Waals surface area contributed by atoms with Gasteiger partial charge in [-0.1, -0.05) is 12.1 Å². The third-order valence-corrected chi connectivity index (χ3v) is 5.00. The van der Waals surface area contributed by atoms with Gasteiger partial charge in [0.15, 0.2) is 0 Å². The summed E-state index contributed by atoms with van der Waals surface area (Å²) in [5, 5.41) is 5.94. The first kappa shape index (κ1) is 20.0. The number of aryl methyl sites for hydroxylation is 2. The first-order chi connectivity index (χ1) is 13.5. The number of piperidine rings is 1. The van der Waals surface area contributed by atoms with Gasteiger partial charge in [0.2, 0.25) is 11.8 Å². The number of amides is 2. The summed E-state index contributed by atoms with van der Waals surface area (Å²) in [5.41, 5.74) is 3.96. The minimum absolute atomic E-state index is 0.00226. The summed E-state index contributed by atoms with van der Waals surface area (Å²) in [6.45, 7) is 6.36. The maximum Gasteiger partial charge on any atom is 0.238 e. The highest BCUT2D eigenvalue weighted by Gasteiger charge is 2.25. The number of benzene rings is 1. The van der Waals surface area contributed by atoms with Crippen LogP contribution in [0.4, 0.5) is 5.69 Å². The van der Waals surface area contributed by atoms with Crippen molar-refractivity contribution in [1.82, 2.24) is 15.2 Å². The van der Waals surface area contributed by atoms with E-state index in [1.165, 1.54) is 0 Å². The van der Waals surface area contributed by atoms with Crippen LogP contribution in [0.15, 0.2) is 42.6 Å². The molecule has 2 amide bonds. The number of nitrogens with one attached hydrogen (secondary N) is 2. The molecule has 0 saturated carbocycles. The fraction of sp³-hybridized carbons (Fsp3) is 0.409. The third kappa shape index (κ3) is 5.89. The molecule has 0 radical (unpaired) electrons. The van der Waals surface area contributed by atoms with Gasteiger partial charge < -0.3 is 10.6 Å². The molecule has 0 spiro atoms. The zero-order valence-electron chi connectivity index (χ0n) is 16.6. The molecule has 1 aromatic heterocycles. The molecule has 1 aliphatic heterocycles. The van der Waals surface area contributed by atoms with Crippen molar-refractivity contribution in [3.8, 4) is 0 Å².